The fourth-order valence-electron chi connectivity index (χ4n) is 3.70. The third-order valence-electron chi connectivity index (χ3n) is 5.80. The Balaban J connectivity index is 1.30. The minimum absolute atomic E-state index is 0.207. The summed E-state index contributed by atoms with van der Waals surface area (Å²) in [4.78, 5) is 21.0. The van der Waals surface area contributed by atoms with Crippen molar-refractivity contribution in [3.05, 3.63) is 30.1 Å². The van der Waals surface area contributed by atoms with E-state index in [2.05, 4.69) is 20.5 Å². The normalized spacial score (nSPS) is 19.2. The van der Waals surface area contributed by atoms with Crippen LogP contribution in [0, 0.1) is 11.7 Å². The number of piperazine rings is 1. The molecule has 0 spiro atoms. The average Bonchev–Trinajstić information content (AvgIpc) is 2.71. The lowest BCUT2D eigenvalue weighted by Crippen LogP contribution is -2.52. The van der Waals surface area contributed by atoms with Crippen LogP contribution in [-0.4, -0.2) is 80.6 Å². The summed E-state index contributed by atoms with van der Waals surface area (Å²) in [7, 11) is 1.72. The lowest BCUT2D eigenvalue weighted by molar-refractivity contribution is -0.139. The van der Waals surface area contributed by atoms with Gasteiger partial charge < -0.3 is 20.3 Å². The molecule has 1 aromatic rings. The van der Waals surface area contributed by atoms with E-state index < -0.39 is 0 Å². The molecule has 2 fully saturated rings. The molecular weight excluding hydrogens is 385 g/mol. The second-order valence-electron chi connectivity index (χ2n) is 8.03. The van der Waals surface area contributed by atoms with Crippen LogP contribution in [0.25, 0.3) is 0 Å². The van der Waals surface area contributed by atoms with Crippen molar-refractivity contribution in [2.24, 2.45) is 10.9 Å². The number of guanidine groups is 1. The van der Waals surface area contributed by atoms with Crippen LogP contribution in [0.1, 0.15) is 26.2 Å². The van der Waals surface area contributed by atoms with Gasteiger partial charge in [0.2, 0.25) is 5.91 Å². The van der Waals surface area contributed by atoms with Gasteiger partial charge in [-0.2, -0.15) is 0 Å². The van der Waals surface area contributed by atoms with Gasteiger partial charge in [0, 0.05) is 52.2 Å². The number of rotatable bonds is 8. The van der Waals surface area contributed by atoms with Gasteiger partial charge in [-0.1, -0.05) is 18.6 Å². The van der Waals surface area contributed by atoms with Gasteiger partial charge in [-0.3, -0.25) is 14.7 Å². The highest BCUT2D eigenvalue weighted by Crippen LogP contribution is 2.28. The van der Waals surface area contributed by atoms with Crippen LogP contribution >= 0.6 is 0 Å². The standard InChI is InChI=1S/C22H34FN5O2/c1-17(30-20-9-4-3-8-19(20)23)16-26-22(24-2)25-10-11-27-12-14-28(15-13-27)21(29)18-6-5-7-18/h3-4,8-9,17-18H,5-7,10-16H2,1-2H3,(H2,24,25,26). The van der Waals surface area contributed by atoms with E-state index in [9.17, 15) is 9.18 Å². The first-order valence-corrected chi connectivity index (χ1v) is 10.9. The molecule has 0 bridgehead atoms. The molecule has 2 N–H and O–H groups in total. The molecule has 30 heavy (non-hydrogen) atoms. The van der Waals surface area contributed by atoms with Crippen molar-refractivity contribution in [3.63, 3.8) is 0 Å². The van der Waals surface area contributed by atoms with E-state index in [4.69, 9.17) is 4.74 Å². The van der Waals surface area contributed by atoms with E-state index in [1.54, 1.807) is 25.2 Å². The van der Waals surface area contributed by atoms with E-state index in [1.807, 2.05) is 11.8 Å². The number of nitrogens with zero attached hydrogens (tertiary/aromatic N) is 3. The van der Waals surface area contributed by atoms with Crippen molar-refractivity contribution in [3.8, 4) is 5.75 Å². The molecule has 1 aliphatic carbocycles. The number of amides is 1. The lowest BCUT2D eigenvalue weighted by atomic mass is 9.84. The lowest BCUT2D eigenvalue weighted by Gasteiger charge is -2.38. The number of ether oxygens (including phenoxy) is 1. The summed E-state index contributed by atoms with van der Waals surface area (Å²) in [5.74, 6) is 1.23. The zero-order chi connectivity index (χ0) is 21.3. The van der Waals surface area contributed by atoms with Crippen molar-refractivity contribution in [1.82, 2.24) is 20.4 Å². The SMILES string of the molecule is CN=C(NCCN1CCN(C(=O)C2CCC2)CC1)NCC(C)Oc1ccccc1F. The largest absolute Gasteiger partial charge is 0.486 e. The molecule has 3 rings (SSSR count). The minimum atomic E-state index is -0.360. The maximum atomic E-state index is 13.7. The predicted molar refractivity (Wildman–Crippen MR) is 116 cm³/mol. The number of halogens is 1. The van der Waals surface area contributed by atoms with E-state index in [0.717, 1.165) is 52.1 Å². The fraction of sp³-hybridized carbons (Fsp3) is 0.636. The number of carbonyl (C=O) groups is 1. The van der Waals surface area contributed by atoms with Crippen molar-refractivity contribution < 1.29 is 13.9 Å². The molecule has 2 aliphatic rings. The van der Waals surface area contributed by atoms with Crippen LogP contribution < -0.4 is 15.4 Å². The Morgan fingerprint density at radius 2 is 1.97 bits per heavy atom. The van der Waals surface area contributed by atoms with E-state index in [0.29, 0.717) is 18.4 Å². The first-order chi connectivity index (χ1) is 14.6. The first-order valence-electron chi connectivity index (χ1n) is 10.9. The molecule has 0 aromatic heterocycles. The summed E-state index contributed by atoms with van der Waals surface area (Å²) in [5.41, 5.74) is 0. The first kappa shape index (κ1) is 22.3. The van der Waals surface area contributed by atoms with Crippen molar-refractivity contribution >= 4 is 11.9 Å². The summed E-state index contributed by atoms with van der Waals surface area (Å²) in [6.45, 7) is 7.54. The summed E-state index contributed by atoms with van der Waals surface area (Å²) >= 11 is 0. The Kier molecular flexibility index (Phi) is 8.30. The van der Waals surface area contributed by atoms with Gasteiger partial charge in [-0.15, -0.1) is 0 Å². The smallest absolute Gasteiger partial charge is 0.225 e. The number of carbonyl (C=O) groups excluding carboxylic acids is 1. The molecular formula is C22H34FN5O2. The number of aliphatic imine (C=N–C) groups is 1. The summed E-state index contributed by atoms with van der Waals surface area (Å²) < 4.78 is 19.3. The Hall–Kier alpha value is -2.35. The average molecular weight is 420 g/mol. The molecule has 1 saturated heterocycles. The molecule has 1 aliphatic heterocycles. The van der Waals surface area contributed by atoms with Crippen LogP contribution in [0.5, 0.6) is 5.75 Å². The highest BCUT2D eigenvalue weighted by molar-refractivity contribution is 5.80. The topological polar surface area (TPSA) is 69.2 Å². The highest BCUT2D eigenvalue weighted by Gasteiger charge is 2.30. The van der Waals surface area contributed by atoms with Gasteiger partial charge >= 0.3 is 0 Å². The van der Waals surface area contributed by atoms with Crippen molar-refractivity contribution in [1.29, 1.82) is 0 Å². The second-order valence-corrected chi connectivity index (χ2v) is 8.03. The van der Waals surface area contributed by atoms with Crippen LogP contribution in [0.3, 0.4) is 0 Å². The van der Waals surface area contributed by atoms with Crippen LogP contribution in [0.2, 0.25) is 0 Å². The van der Waals surface area contributed by atoms with Gasteiger partial charge in [-0.05, 0) is 31.9 Å². The quantitative estimate of drug-likeness (QED) is 0.496. The Morgan fingerprint density at radius 3 is 2.60 bits per heavy atom. The summed E-state index contributed by atoms with van der Waals surface area (Å²) in [6.07, 6.45) is 3.13. The van der Waals surface area contributed by atoms with Crippen molar-refractivity contribution in [2.45, 2.75) is 32.3 Å². The van der Waals surface area contributed by atoms with E-state index >= 15 is 0 Å². The fourth-order valence-corrected chi connectivity index (χ4v) is 3.70. The molecule has 1 heterocycles. The third-order valence-corrected chi connectivity index (χ3v) is 5.80. The molecule has 0 radical (unpaired) electrons. The zero-order valence-electron chi connectivity index (χ0n) is 18.1. The van der Waals surface area contributed by atoms with E-state index in [1.165, 1.54) is 12.5 Å². The van der Waals surface area contributed by atoms with Crippen molar-refractivity contribution in [2.75, 3.05) is 52.9 Å². The van der Waals surface area contributed by atoms with Gasteiger partial charge in [0.1, 0.15) is 6.10 Å². The minimum Gasteiger partial charge on any atom is -0.486 e. The maximum absolute atomic E-state index is 13.7. The third kappa shape index (κ3) is 6.32. The second kappa shape index (κ2) is 11.2. The molecule has 1 saturated carbocycles. The molecule has 1 atom stereocenters. The number of hydrogen-bond donors (Lipinski definition) is 2. The van der Waals surface area contributed by atoms with Gasteiger partial charge in [0.15, 0.2) is 17.5 Å². The van der Waals surface area contributed by atoms with Crippen LogP contribution in [-0.2, 0) is 4.79 Å². The Bertz CT molecular complexity index is 717. The molecule has 1 amide bonds. The maximum Gasteiger partial charge on any atom is 0.225 e. The zero-order valence-corrected chi connectivity index (χ0v) is 18.1. The molecule has 7 nitrogen and oxygen atoms in total. The molecule has 1 unspecified atom stereocenters. The Morgan fingerprint density at radius 1 is 1.23 bits per heavy atom. The number of hydrogen-bond acceptors (Lipinski definition) is 4. The van der Waals surface area contributed by atoms with E-state index in [-0.39, 0.29) is 23.6 Å². The molecule has 8 heteroatoms. The van der Waals surface area contributed by atoms with Crippen LogP contribution in [0.4, 0.5) is 4.39 Å². The Labute approximate surface area is 178 Å². The van der Waals surface area contributed by atoms with Gasteiger partial charge in [-0.25, -0.2) is 4.39 Å². The monoisotopic (exact) mass is 419 g/mol. The molecule has 1 aromatic carbocycles. The van der Waals surface area contributed by atoms with Gasteiger partial charge in [0.25, 0.3) is 0 Å². The highest BCUT2D eigenvalue weighted by atomic mass is 19.1. The summed E-state index contributed by atoms with van der Waals surface area (Å²) in [5, 5.41) is 6.52. The number of para-hydroxylation sites is 1. The number of nitrogens with one attached hydrogen (secondary N) is 2. The predicted octanol–water partition coefficient (Wildman–Crippen LogP) is 1.70. The summed E-state index contributed by atoms with van der Waals surface area (Å²) in [6, 6.07) is 6.41. The number of benzene rings is 1. The van der Waals surface area contributed by atoms with Gasteiger partial charge in [0.05, 0.1) is 6.54 Å². The van der Waals surface area contributed by atoms with Crippen LogP contribution in [0.15, 0.2) is 29.3 Å². The molecule has 166 valence electrons.